The first-order chi connectivity index (χ1) is 16.1. The van der Waals surface area contributed by atoms with Gasteiger partial charge in [0.2, 0.25) is 11.7 Å². The number of benzene rings is 2. The van der Waals surface area contributed by atoms with Crippen LogP contribution in [0.1, 0.15) is 23.1 Å². The van der Waals surface area contributed by atoms with Crippen LogP contribution in [0.2, 0.25) is 0 Å². The zero-order valence-corrected chi connectivity index (χ0v) is 21.3. The largest absolute Gasteiger partial charge is 0.497 e. The zero-order chi connectivity index (χ0) is 23.4. The number of amides is 1. The van der Waals surface area contributed by atoms with E-state index in [9.17, 15) is 4.79 Å². The topological polar surface area (TPSA) is 60.5 Å². The highest BCUT2D eigenvalue weighted by Crippen LogP contribution is 2.38. The molecule has 1 fully saturated rings. The lowest BCUT2D eigenvalue weighted by Gasteiger charge is -2.37. The molecule has 1 heterocycles. The van der Waals surface area contributed by atoms with Crippen LogP contribution >= 0.6 is 12.4 Å². The molecule has 7 nitrogen and oxygen atoms in total. The summed E-state index contributed by atoms with van der Waals surface area (Å²) in [6.45, 7) is 3.99. The second kappa shape index (κ2) is 11.7. The molecule has 1 unspecified atom stereocenters. The van der Waals surface area contributed by atoms with Crippen LogP contribution in [0.15, 0.2) is 30.3 Å². The molecular formula is C26H35ClN2O5. The molecule has 1 aliphatic carbocycles. The van der Waals surface area contributed by atoms with Gasteiger partial charge in [-0.25, -0.2) is 0 Å². The van der Waals surface area contributed by atoms with Gasteiger partial charge in [0.25, 0.3) is 0 Å². The molecule has 34 heavy (non-hydrogen) atoms. The van der Waals surface area contributed by atoms with Crippen LogP contribution in [0.5, 0.6) is 23.0 Å². The van der Waals surface area contributed by atoms with E-state index in [1.165, 1.54) is 11.1 Å². The highest BCUT2D eigenvalue weighted by molar-refractivity contribution is 5.85. The highest BCUT2D eigenvalue weighted by atomic mass is 35.5. The quantitative estimate of drug-likeness (QED) is 0.591. The Morgan fingerprint density at radius 3 is 2.15 bits per heavy atom. The molecule has 1 amide bonds. The van der Waals surface area contributed by atoms with E-state index in [0.717, 1.165) is 63.3 Å². The molecule has 4 rings (SSSR count). The van der Waals surface area contributed by atoms with E-state index in [1.807, 2.05) is 23.1 Å². The lowest BCUT2D eigenvalue weighted by molar-refractivity contribution is -0.137. The van der Waals surface area contributed by atoms with Gasteiger partial charge in [-0.15, -0.1) is 12.4 Å². The van der Waals surface area contributed by atoms with E-state index >= 15 is 0 Å². The maximum absolute atomic E-state index is 13.2. The van der Waals surface area contributed by atoms with Crippen LogP contribution in [0.25, 0.3) is 0 Å². The van der Waals surface area contributed by atoms with Gasteiger partial charge in [0.1, 0.15) is 5.75 Å². The van der Waals surface area contributed by atoms with Gasteiger partial charge in [0.05, 0.1) is 28.4 Å². The van der Waals surface area contributed by atoms with Crippen molar-refractivity contribution < 1.29 is 23.7 Å². The Labute approximate surface area is 208 Å². The van der Waals surface area contributed by atoms with E-state index in [2.05, 4.69) is 17.0 Å². The summed E-state index contributed by atoms with van der Waals surface area (Å²) in [7, 11) is 6.56. The average Bonchev–Trinajstić information content (AvgIpc) is 2.87. The zero-order valence-electron chi connectivity index (χ0n) is 20.5. The van der Waals surface area contributed by atoms with Crippen LogP contribution in [0.4, 0.5) is 0 Å². The second-order valence-corrected chi connectivity index (χ2v) is 8.71. The molecule has 2 aromatic rings. The number of rotatable bonds is 7. The number of nitrogens with zero attached hydrogens (tertiary/aromatic N) is 2. The number of hydrogen-bond acceptors (Lipinski definition) is 6. The number of fused-ring (bicyclic) bond motifs is 1. The predicted molar refractivity (Wildman–Crippen MR) is 134 cm³/mol. The summed E-state index contributed by atoms with van der Waals surface area (Å²) in [5, 5.41) is 0. The van der Waals surface area contributed by atoms with Crippen LogP contribution in [-0.4, -0.2) is 70.3 Å². The molecule has 1 saturated heterocycles. The first-order valence-electron chi connectivity index (χ1n) is 11.5. The normalized spacial score (nSPS) is 17.9. The van der Waals surface area contributed by atoms with Crippen LogP contribution < -0.4 is 18.9 Å². The van der Waals surface area contributed by atoms with Crippen molar-refractivity contribution in [1.82, 2.24) is 9.80 Å². The fraction of sp³-hybridized carbons (Fsp3) is 0.500. The van der Waals surface area contributed by atoms with Crippen molar-refractivity contribution in [3.63, 3.8) is 0 Å². The summed E-state index contributed by atoms with van der Waals surface area (Å²) in [4.78, 5) is 17.6. The van der Waals surface area contributed by atoms with Crippen LogP contribution in [-0.2, 0) is 24.2 Å². The van der Waals surface area contributed by atoms with Gasteiger partial charge in [-0.1, -0.05) is 6.07 Å². The summed E-state index contributed by atoms with van der Waals surface area (Å²) in [6, 6.07) is 10.2. The standard InChI is InChI=1S/C26H34N2O5.ClH/c1-30-22-8-7-19-15-21(6-5-20(19)16-22)26(29)28-11-9-27(10-12-28)17-18-13-23(31-2)25(33-4)24(14-18)32-3;/h7-8,13-14,16,21H,5-6,9-12,15,17H2,1-4H3;1H. The van der Waals surface area contributed by atoms with E-state index < -0.39 is 0 Å². The number of aryl methyl sites for hydroxylation is 1. The molecule has 1 aliphatic heterocycles. The molecule has 1 atom stereocenters. The number of carbonyl (C=O) groups is 1. The molecule has 2 aliphatic rings. The summed E-state index contributed by atoms with van der Waals surface area (Å²) in [6.07, 6.45) is 2.67. The molecule has 2 aromatic carbocycles. The maximum Gasteiger partial charge on any atom is 0.226 e. The molecule has 0 spiro atoms. The van der Waals surface area contributed by atoms with E-state index in [0.29, 0.717) is 23.2 Å². The van der Waals surface area contributed by atoms with E-state index in [4.69, 9.17) is 18.9 Å². The van der Waals surface area contributed by atoms with Gasteiger partial charge >= 0.3 is 0 Å². The SMILES string of the molecule is COc1ccc2c(c1)CCC(C(=O)N1CCN(Cc3cc(OC)c(OC)c(OC)c3)CC1)C2.Cl. The summed E-state index contributed by atoms with van der Waals surface area (Å²) in [5.74, 6) is 3.19. The highest BCUT2D eigenvalue weighted by Gasteiger charge is 2.30. The van der Waals surface area contributed by atoms with Gasteiger partial charge in [-0.2, -0.15) is 0 Å². The summed E-state index contributed by atoms with van der Waals surface area (Å²) in [5.41, 5.74) is 3.69. The third kappa shape index (κ3) is 5.53. The molecule has 0 bridgehead atoms. The van der Waals surface area contributed by atoms with Crippen molar-refractivity contribution in [2.45, 2.75) is 25.8 Å². The number of ether oxygens (including phenoxy) is 4. The minimum atomic E-state index is 0. The van der Waals surface area contributed by atoms with Gasteiger partial charge < -0.3 is 23.8 Å². The third-order valence-electron chi connectivity index (χ3n) is 6.81. The lowest BCUT2D eigenvalue weighted by atomic mass is 9.83. The van der Waals surface area contributed by atoms with Crippen LogP contribution in [0.3, 0.4) is 0 Å². The number of halogens is 1. The fourth-order valence-corrected chi connectivity index (χ4v) is 4.94. The lowest BCUT2D eigenvalue weighted by Crippen LogP contribution is -2.50. The van der Waals surface area contributed by atoms with E-state index in [-0.39, 0.29) is 18.3 Å². The Morgan fingerprint density at radius 2 is 1.56 bits per heavy atom. The van der Waals surface area contributed by atoms with Crippen molar-refractivity contribution >= 4 is 18.3 Å². The third-order valence-corrected chi connectivity index (χ3v) is 6.81. The Morgan fingerprint density at radius 1 is 0.882 bits per heavy atom. The first-order valence-corrected chi connectivity index (χ1v) is 11.5. The monoisotopic (exact) mass is 490 g/mol. The summed E-state index contributed by atoms with van der Waals surface area (Å²) >= 11 is 0. The van der Waals surface area contributed by atoms with Crippen molar-refractivity contribution in [1.29, 1.82) is 0 Å². The molecular weight excluding hydrogens is 456 g/mol. The first kappa shape index (κ1) is 26.0. The fourth-order valence-electron chi connectivity index (χ4n) is 4.94. The molecule has 0 radical (unpaired) electrons. The molecule has 0 aromatic heterocycles. The minimum absolute atomic E-state index is 0. The Kier molecular flexibility index (Phi) is 8.91. The van der Waals surface area contributed by atoms with Crippen molar-refractivity contribution in [3.05, 3.63) is 47.0 Å². The van der Waals surface area contributed by atoms with Gasteiger partial charge in [0, 0.05) is 38.6 Å². The minimum Gasteiger partial charge on any atom is -0.497 e. The smallest absolute Gasteiger partial charge is 0.226 e. The number of hydrogen-bond donors (Lipinski definition) is 0. The Hall–Kier alpha value is -2.64. The summed E-state index contributed by atoms with van der Waals surface area (Å²) < 4.78 is 21.7. The average molecular weight is 491 g/mol. The Balaban J connectivity index is 0.00000324. The maximum atomic E-state index is 13.2. The number of piperazine rings is 1. The van der Waals surface area contributed by atoms with Crippen LogP contribution in [0, 0.1) is 5.92 Å². The predicted octanol–water partition coefficient (Wildman–Crippen LogP) is 3.59. The molecule has 8 heteroatoms. The number of methoxy groups -OCH3 is 4. The molecule has 0 N–H and O–H groups in total. The van der Waals surface area contributed by atoms with Crippen molar-refractivity contribution in [2.24, 2.45) is 5.92 Å². The van der Waals surface area contributed by atoms with Crippen molar-refractivity contribution in [2.75, 3.05) is 54.6 Å². The van der Waals surface area contributed by atoms with Gasteiger partial charge in [0.15, 0.2) is 11.5 Å². The molecule has 0 saturated carbocycles. The van der Waals surface area contributed by atoms with Gasteiger partial charge in [-0.3, -0.25) is 9.69 Å². The second-order valence-electron chi connectivity index (χ2n) is 8.71. The number of carbonyl (C=O) groups excluding carboxylic acids is 1. The van der Waals surface area contributed by atoms with Crippen molar-refractivity contribution in [3.8, 4) is 23.0 Å². The van der Waals surface area contributed by atoms with Gasteiger partial charge in [-0.05, 0) is 60.2 Å². The van der Waals surface area contributed by atoms with E-state index in [1.54, 1.807) is 28.4 Å². The Bertz CT molecular complexity index is 966. The molecule has 186 valence electrons.